The maximum absolute atomic E-state index is 12.0. The highest BCUT2D eigenvalue weighted by molar-refractivity contribution is 6.08. The van der Waals surface area contributed by atoms with Crippen LogP contribution in [0.15, 0.2) is 64.5 Å². The van der Waals surface area contributed by atoms with E-state index in [1.165, 1.54) is 11.0 Å². The van der Waals surface area contributed by atoms with Crippen molar-refractivity contribution >= 4 is 17.9 Å². The van der Waals surface area contributed by atoms with Gasteiger partial charge in [-0.25, -0.2) is 0 Å². The number of fused-ring (bicyclic) bond motifs is 1. The van der Waals surface area contributed by atoms with Gasteiger partial charge in [0.1, 0.15) is 12.3 Å². The molecule has 0 atom stereocenters. The first-order chi connectivity index (χ1) is 11.1. The van der Waals surface area contributed by atoms with Gasteiger partial charge in [-0.05, 0) is 29.8 Å². The summed E-state index contributed by atoms with van der Waals surface area (Å²) in [5.74, 6) is -0.179. The van der Waals surface area contributed by atoms with E-state index in [1.54, 1.807) is 56.9 Å². The van der Waals surface area contributed by atoms with Crippen molar-refractivity contribution in [1.29, 1.82) is 0 Å². The van der Waals surface area contributed by atoms with Crippen molar-refractivity contribution in [2.75, 3.05) is 20.7 Å². The lowest BCUT2D eigenvalue weighted by Gasteiger charge is -2.10. The number of aliphatic imine (C=N–C) groups is 1. The van der Waals surface area contributed by atoms with Crippen LogP contribution in [0, 0.1) is 0 Å². The van der Waals surface area contributed by atoms with Crippen LogP contribution in [-0.2, 0) is 9.53 Å². The van der Waals surface area contributed by atoms with Crippen LogP contribution in [0.1, 0.15) is 15.9 Å². The zero-order valence-electron chi connectivity index (χ0n) is 12.9. The lowest BCUT2D eigenvalue weighted by Crippen LogP contribution is -2.21. The van der Waals surface area contributed by atoms with E-state index in [9.17, 15) is 9.59 Å². The highest BCUT2D eigenvalue weighted by Gasteiger charge is 2.23. The van der Waals surface area contributed by atoms with E-state index in [1.807, 2.05) is 0 Å². The number of ketones is 1. The second-order valence-corrected chi connectivity index (χ2v) is 5.49. The van der Waals surface area contributed by atoms with Gasteiger partial charge in [0, 0.05) is 37.0 Å². The Morgan fingerprint density at radius 3 is 2.65 bits per heavy atom. The van der Waals surface area contributed by atoms with Gasteiger partial charge in [0.2, 0.25) is 5.78 Å². The van der Waals surface area contributed by atoms with E-state index in [0.29, 0.717) is 17.9 Å². The van der Waals surface area contributed by atoms with Crippen LogP contribution in [0.5, 0.6) is 0 Å². The van der Waals surface area contributed by atoms with Crippen LogP contribution < -0.4 is 0 Å². The van der Waals surface area contributed by atoms with Crippen LogP contribution in [0.3, 0.4) is 0 Å². The fourth-order valence-corrected chi connectivity index (χ4v) is 2.36. The number of nitrogens with zero attached hydrogens (tertiary/aromatic N) is 2. The van der Waals surface area contributed by atoms with E-state index in [4.69, 9.17) is 4.74 Å². The first kappa shape index (κ1) is 15.0. The number of rotatable bonds is 3. The minimum Gasteiger partial charge on any atom is -0.496 e. The Kier molecular flexibility index (Phi) is 3.93. The average molecular weight is 308 g/mol. The van der Waals surface area contributed by atoms with Gasteiger partial charge in [0.05, 0.1) is 6.26 Å². The molecule has 1 amide bonds. The minimum absolute atomic E-state index is 0.0519. The molecule has 116 valence electrons. The predicted molar refractivity (Wildman–Crippen MR) is 87.3 cm³/mol. The fraction of sp³-hybridized carbons (Fsp3) is 0.167. The van der Waals surface area contributed by atoms with Crippen LogP contribution in [0.4, 0.5) is 0 Å². The molecule has 0 bridgehead atoms. The Bertz CT molecular complexity index is 781. The number of amides is 1. The molecule has 0 fully saturated rings. The third-order valence-corrected chi connectivity index (χ3v) is 3.63. The number of carbonyl (C=O) groups excluding carboxylic acids is 2. The van der Waals surface area contributed by atoms with Gasteiger partial charge < -0.3 is 9.64 Å². The molecule has 1 aromatic carbocycles. The zero-order chi connectivity index (χ0) is 16.4. The molecule has 1 aliphatic carbocycles. The summed E-state index contributed by atoms with van der Waals surface area (Å²) in [6.07, 6.45) is 6.50. The predicted octanol–water partition coefficient (Wildman–Crippen LogP) is 2.11. The monoisotopic (exact) mass is 308 g/mol. The molecule has 0 spiro atoms. The molecule has 0 aromatic heterocycles. The molecule has 0 unspecified atom stereocenters. The van der Waals surface area contributed by atoms with Crippen molar-refractivity contribution in [2.45, 2.75) is 0 Å². The Labute approximate surface area is 134 Å². The molecule has 1 aromatic rings. The Morgan fingerprint density at radius 2 is 1.96 bits per heavy atom. The van der Waals surface area contributed by atoms with Gasteiger partial charge in [-0.15, -0.1) is 0 Å². The lowest BCUT2D eigenvalue weighted by molar-refractivity contribution is -0.111. The standard InChI is InChI=1S/C18H16N2O3/c1-20(2)18(22)13-5-3-12(4-6-13)9-19-17-15-11-23-10-14(15)7-8-16(17)21/h3-10H,11H2,1-2H3. The van der Waals surface area contributed by atoms with E-state index in [2.05, 4.69) is 4.99 Å². The second-order valence-electron chi connectivity index (χ2n) is 5.49. The largest absolute Gasteiger partial charge is 0.496 e. The molecule has 23 heavy (non-hydrogen) atoms. The van der Waals surface area contributed by atoms with E-state index in [0.717, 1.165) is 16.7 Å². The SMILES string of the molecule is CN(C)C(=O)c1ccc(C=NC2=C3COC=C3C=CC2=O)cc1. The summed E-state index contributed by atoms with van der Waals surface area (Å²) in [4.78, 5) is 29.7. The Morgan fingerprint density at radius 1 is 1.22 bits per heavy atom. The van der Waals surface area contributed by atoms with Gasteiger partial charge in [0.15, 0.2) is 0 Å². The molecule has 3 rings (SSSR count). The van der Waals surface area contributed by atoms with Crippen molar-refractivity contribution in [3.8, 4) is 0 Å². The van der Waals surface area contributed by atoms with Gasteiger partial charge in [-0.2, -0.15) is 0 Å². The molecule has 0 saturated heterocycles. The fourth-order valence-electron chi connectivity index (χ4n) is 2.36. The lowest BCUT2D eigenvalue weighted by atomic mass is 9.99. The molecule has 1 heterocycles. The normalized spacial score (nSPS) is 16.4. The molecule has 5 nitrogen and oxygen atoms in total. The summed E-state index contributed by atoms with van der Waals surface area (Å²) in [5.41, 5.74) is 3.54. The van der Waals surface area contributed by atoms with Crippen LogP contribution in [0.2, 0.25) is 0 Å². The number of carbonyl (C=O) groups is 2. The van der Waals surface area contributed by atoms with E-state index in [-0.39, 0.29) is 11.7 Å². The van der Waals surface area contributed by atoms with Gasteiger partial charge in [0.25, 0.3) is 5.91 Å². The molecule has 1 aliphatic heterocycles. The summed E-state index contributed by atoms with van der Waals surface area (Å²) in [6, 6.07) is 7.09. The topological polar surface area (TPSA) is 59.0 Å². The van der Waals surface area contributed by atoms with E-state index >= 15 is 0 Å². The molecular formula is C18H16N2O3. The summed E-state index contributed by atoms with van der Waals surface area (Å²) in [6.45, 7) is 0.369. The van der Waals surface area contributed by atoms with Crippen molar-refractivity contribution < 1.29 is 14.3 Å². The number of hydrogen-bond donors (Lipinski definition) is 0. The molecule has 5 heteroatoms. The van der Waals surface area contributed by atoms with Crippen molar-refractivity contribution in [3.63, 3.8) is 0 Å². The van der Waals surface area contributed by atoms with Gasteiger partial charge in [-0.1, -0.05) is 12.1 Å². The Balaban J connectivity index is 1.82. The maximum Gasteiger partial charge on any atom is 0.253 e. The summed E-state index contributed by atoms with van der Waals surface area (Å²) < 4.78 is 5.25. The third kappa shape index (κ3) is 2.99. The molecule has 0 N–H and O–H groups in total. The second kappa shape index (κ2) is 6.04. The summed E-state index contributed by atoms with van der Waals surface area (Å²) in [5, 5.41) is 0. The van der Waals surface area contributed by atoms with Crippen molar-refractivity contribution in [1.82, 2.24) is 4.90 Å². The number of allylic oxidation sites excluding steroid dienone is 2. The molecular weight excluding hydrogens is 292 g/mol. The first-order valence-corrected chi connectivity index (χ1v) is 7.20. The number of hydrogen-bond acceptors (Lipinski definition) is 4. The average Bonchev–Trinajstić information content (AvgIpc) is 3.02. The van der Waals surface area contributed by atoms with Crippen LogP contribution >= 0.6 is 0 Å². The first-order valence-electron chi connectivity index (χ1n) is 7.20. The number of ether oxygens (including phenoxy) is 1. The maximum atomic E-state index is 12.0. The number of benzene rings is 1. The molecule has 0 saturated carbocycles. The van der Waals surface area contributed by atoms with Gasteiger partial charge >= 0.3 is 0 Å². The van der Waals surface area contributed by atoms with Crippen LogP contribution in [-0.4, -0.2) is 43.5 Å². The minimum atomic E-state index is -0.127. The van der Waals surface area contributed by atoms with Gasteiger partial charge in [-0.3, -0.25) is 14.6 Å². The summed E-state index contributed by atoms with van der Waals surface area (Å²) >= 11 is 0. The van der Waals surface area contributed by atoms with E-state index < -0.39 is 0 Å². The molecule has 2 aliphatic rings. The van der Waals surface area contributed by atoms with Crippen LogP contribution in [0.25, 0.3) is 0 Å². The summed E-state index contributed by atoms with van der Waals surface area (Å²) in [7, 11) is 3.42. The molecule has 0 radical (unpaired) electrons. The zero-order valence-corrected chi connectivity index (χ0v) is 12.9. The third-order valence-electron chi connectivity index (χ3n) is 3.63. The quantitative estimate of drug-likeness (QED) is 0.804. The van der Waals surface area contributed by atoms with Crippen molar-refractivity contribution in [3.05, 3.63) is 70.6 Å². The highest BCUT2D eigenvalue weighted by atomic mass is 16.5. The van der Waals surface area contributed by atoms with Crippen molar-refractivity contribution in [2.24, 2.45) is 4.99 Å². The highest BCUT2D eigenvalue weighted by Crippen LogP contribution is 2.27. The Hall–Kier alpha value is -2.95. The smallest absolute Gasteiger partial charge is 0.253 e.